The molecule has 0 spiro atoms. The van der Waals surface area contributed by atoms with E-state index in [1.54, 1.807) is 7.11 Å². The Kier molecular flexibility index (Phi) is 5.51. The van der Waals surface area contributed by atoms with Crippen LogP contribution in [0.25, 0.3) is 6.08 Å². The van der Waals surface area contributed by atoms with Crippen molar-refractivity contribution in [3.05, 3.63) is 27.7 Å². The maximum absolute atomic E-state index is 8.99. The highest BCUT2D eigenvalue weighted by atomic mass is 79.9. The van der Waals surface area contributed by atoms with Gasteiger partial charge in [0, 0.05) is 0 Å². The lowest BCUT2D eigenvalue weighted by Crippen LogP contribution is -1.97. The van der Waals surface area contributed by atoms with Crippen molar-refractivity contribution >= 4 is 22.0 Å². The van der Waals surface area contributed by atoms with Crippen molar-refractivity contribution in [1.29, 1.82) is 0 Å². The van der Waals surface area contributed by atoms with E-state index in [9.17, 15) is 0 Å². The molecule has 0 heterocycles. The molecule has 0 aliphatic rings. The van der Waals surface area contributed by atoms with Gasteiger partial charge in [-0.25, -0.2) is 0 Å². The average Bonchev–Trinajstić information content (AvgIpc) is 2.32. The van der Waals surface area contributed by atoms with Gasteiger partial charge in [-0.2, -0.15) is 0 Å². The molecule has 4 heteroatoms. The summed E-state index contributed by atoms with van der Waals surface area (Å²) < 4.78 is 11.6. The number of hydrogen-bond acceptors (Lipinski definition) is 3. The summed E-state index contributed by atoms with van der Waals surface area (Å²) in [5.74, 6) is 1.38. The molecule has 0 aromatic heterocycles. The van der Waals surface area contributed by atoms with Crippen LogP contribution in [0.15, 0.2) is 22.2 Å². The largest absolute Gasteiger partial charge is 0.493 e. The number of hydrogen-bond donors (Lipinski definition) is 1. The summed E-state index contributed by atoms with van der Waals surface area (Å²) in [4.78, 5) is 0. The third-order valence-electron chi connectivity index (χ3n) is 2.20. The predicted octanol–water partition coefficient (Wildman–Crippen LogP) is 3.25. The van der Waals surface area contributed by atoms with E-state index in [0.717, 1.165) is 15.6 Å². The fraction of sp³-hybridized carbons (Fsp3) is 0.385. The Labute approximate surface area is 110 Å². The monoisotopic (exact) mass is 300 g/mol. The quantitative estimate of drug-likeness (QED) is 0.907. The van der Waals surface area contributed by atoms with Gasteiger partial charge in [-0.15, -0.1) is 0 Å². The predicted molar refractivity (Wildman–Crippen MR) is 72.6 cm³/mol. The molecule has 0 amide bonds. The molecular weight excluding hydrogens is 284 g/mol. The Morgan fingerprint density at radius 3 is 2.71 bits per heavy atom. The molecule has 0 aliphatic carbocycles. The van der Waals surface area contributed by atoms with Crippen molar-refractivity contribution in [1.82, 2.24) is 0 Å². The molecule has 0 unspecified atom stereocenters. The van der Waals surface area contributed by atoms with Gasteiger partial charge in [-0.1, -0.05) is 6.08 Å². The standard InChI is InChI=1S/C13H17BrO3/c1-4-17-13-11(14)6-10(5-9(2)8-15)7-12(13)16-3/h5-7,15H,4,8H2,1-3H3. The zero-order valence-corrected chi connectivity index (χ0v) is 11.9. The first-order valence-electron chi connectivity index (χ1n) is 5.40. The molecule has 1 rings (SSSR count). The third kappa shape index (κ3) is 3.75. The van der Waals surface area contributed by atoms with Crippen molar-refractivity contribution in [2.24, 2.45) is 0 Å². The van der Waals surface area contributed by atoms with Gasteiger partial charge < -0.3 is 14.6 Å². The van der Waals surface area contributed by atoms with E-state index in [2.05, 4.69) is 15.9 Å². The van der Waals surface area contributed by atoms with Gasteiger partial charge in [0.2, 0.25) is 0 Å². The van der Waals surface area contributed by atoms with Crippen molar-refractivity contribution in [2.45, 2.75) is 13.8 Å². The van der Waals surface area contributed by atoms with E-state index in [0.29, 0.717) is 18.1 Å². The number of benzene rings is 1. The second-order valence-corrected chi connectivity index (χ2v) is 4.47. The maximum atomic E-state index is 8.99. The maximum Gasteiger partial charge on any atom is 0.175 e. The van der Waals surface area contributed by atoms with Crippen LogP contribution in [0.5, 0.6) is 11.5 Å². The van der Waals surface area contributed by atoms with Gasteiger partial charge in [0.1, 0.15) is 0 Å². The lowest BCUT2D eigenvalue weighted by Gasteiger charge is -2.12. The first-order chi connectivity index (χ1) is 8.12. The molecule has 3 nitrogen and oxygen atoms in total. The average molecular weight is 301 g/mol. The number of aliphatic hydroxyl groups excluding tert-OH is 1. The minimum absolute atomic E-state index is 0.0488. The Morgan fingerprint density at radius 1 is 1.47 bits per heavy atom. The summed E-state index contributed by atoms with van der Waals surface area (Å²) in [6.07, 6.45) is 1.91. The summed E-state index contributed by atoms with van der Waals surface area (Å²) in [5, 5.41) is 8.99. The molecule has 17 heavy (non-hydrogen) atoms. The van der Waals surface area contributed by atoms with E-state index in [1.807, 2.05) is 32.1 Å². The molecule has 0 radical (unpaired) electrons. The summed E-state index contributed by atoms with van der Waals surface area (Å²) in [7, 11) is 1.61. The molecule has 0 aliphatic heterocycles. The van der Waals surface area contributed by atoms with Crippen LogP contribution in [0.2, 0.25) is 0 Å². The number of ether oxygens (including phenoxy) is 2. The number of rotatable bonds is 5. The highest BCUT2D eigenvalue weighted by Gasteiger charge is 2.10. The summed E-state index contributed by atoms with van der Waals surface area (Å²) in [6, 6.07) is 3.82. The topological polar surface area (TPSA) is 38.7 Å². The van der Waals surface area contributed by atoms with Crippen LogP contribution >= 0.6 is 15.9 Å². The van der Waals surface area contributed by atoms with E-state index >= 15 is 0 Å². The van der Waals surface area contributed by atoms with E-state index in [-0.39, 0.29) is 6.61 Å². The Hall–Kier alpha value is -1.00. The van der Waals surface area contributed by atoms with Crippen molar-refractivity contribution in [3.8, 4) is 11.5 Å². The van der Waals surface area contributed by atoms with Gasteiger partial charge in [-0.05, 0) is 53.0 Å². The Balaban J connectivity index is 3.17. The summed E-state index contributed by atoms with van der Waals surface area (Å²) in [6.45, 7) is 4.43. The van der Waals surface area contributed by atoms with Crippen molar-refractivity contribution in [3.63, 3.8) is 0 Å². The van der Waals surface area contributed by atoms with E-state index in [1.165, 1.54) is 0 Å². The molecule has 0 fully saturated rings. The van der Waals surface area contributed by atoms with Crippen LogP contribution in [0.4, 0.5) is 0 Å². The minimum atomic E-state index is 0.0488. The Morgan fingerprint density at radius 2 is 2.18 bits per heavy atom. The van der Waals surface area contributed by atoms with Crippen LogP contribution in [0, 0.1) is 0 Å². The molecule has 0 bridgehead atoms. The van der Waals surface area contributed by atoms with Crippen LogP contribution in [-0.2, 0) is 0 Å². The molecule has 1 N–H and O–H groups in total. The zero-order valence-electron chi connectivity index (χ0n) is 10.3. The first kappa shape index (κ1) is 14.1. The van der Waals surface area contributed by atoms with Gasteiger partial charge in [0.25, 0.3) is 0 Å². The highest BCUT2D eigenvalue weighted by molar-refractivity contribution is 9.10. The van der Waals surface area contributed by atoms with Crippen LogP contribution in [0.1, 0.15) is 19.4 Å². The van der Waals surface area contributed by atoms with E-state index < -0.39 is 0 Å². The number of halogens is 1. The molecular formula is C13H17BrO3. The summed E-state index contributed by atoms with van der Waals surface area (Å²) >= 11 is 3.45. The van der Waals surface area contributed by atoms with Gasteiger partial charge in [0.05, 0.1) is 24.8 Å². The number of methoxy groups -OCH3 is 1. The Bertz CT molecular complexity index is 413. The normalized spacial score (nSPS) is 11.5. The fourth-order valence-electron chi connectivity index (χ4n) is 1.44. The van der Waals surface area contributed by atoms with Crippen LogP contribution in [-0.4, -0.2) is 25.4 Å². The van der Waals surface area contributed by atoms with Gasteiger partial charge >= 0.3 is 0 Å². The lowest BCUT2D eigenvalue weighted by atomic mass is 10.1. The molecule has 0 saturated heterocycles. The molecule has 1 aromatic rings. The highest BCUT2D eigenvalue weighted by Crippen LogP contribution is 2.37. The smallest absolute Gasteiger partial charge is 0.175 e. The van der Waals surface area contributed by atoms with Crippen molar-refractivity contribution < 1.29 is 14.6 Å². The van der Waals surface area contributed by atoms with E-state index in [4.69, 9.17) is 14.6 Å². The molecule has 0 saturated carbocycles. The minimum Gasteiger partial charge on any atom is -0.493 e. The lowest BCUT2D eigenvalue weighted by molar-refractivity contribution is 0.309. The summed E-state index contributed by atoms with van der Waals surface area (Å²) in [5.41, 5.74) is 1.85. The zero-order chi connectivity index (χ0) is 12.8. The fourth-order valence-corrected chi connectivity index (χ4v) is 2.01. The second-order valence-electron chi connectivity index (χ2n) is 3.62. The first-order valence-corrected chi connectivity index (χ1v) is 6.20. The van der Waals surface area contributed by atoms with Crippen LogP contribution < -0.4 is 9.47 Å². The molecule has 94 valence electrons. The second kappa shape index (κ2) is 6.67. The SMILES string of the molecule is CCOc1c(Br)cc(C=C(C)CO)cc1OC. The third-order valence-corrected chi connectivity index (χ3v) is 2.79. The van der Waals surface area contributed by atoms with Crippen LogP contribution in [0.3, 0.4) is 0 Å². The van der Waals surface area contributed by atoms with Gasteiger partial charge in [0.15, 0.2) is 11.5 Å². The van der Waals surface area contributed by atoms with Gasteiger partial charge in [-0.3, -0.25) is 0 Å². The molecule has 1 aromatic carbocycles. The number of aliphatic hydroxyl groups is 1. The molecule has 0 atom stereocenters. The van der Waals surface area contributed by atoms with Crippen molar-refractivity contribution in [2.75, 3.05) is 20.3 Å².